The number of pyridine rings is 1. The number of ether oxygens (including phenoxy) is 1. The molecule has 1 aliphatic heterocycles. The van der Waals surface area contributed by atoms with E-state index in [2.05, 4.69) is 10.3 Å². The molecular formula is C18H17F2N3O3. The van der Waals surface area contributed by atoms with Gasteiger partial charge in [0, 0.05) is 44.4 Å². The molecule has 0 bridgehead atoms. The lowest BCUT2D eigenvalue weighted by atomic mass is 10.1. The van der Waals surface area contributed by atoms with E-state index in [9.17, 15) is 18.4 Å². The largest absolute Gasteiger partial charge is 0.487 e. The Bertz CT molecular complexity index is 794. The van der Waals surface area contributed by atoms with Crippen molar-refractivity contribution >= 4 is 11.9 Å². The number of carbonyl (C=O) groups is 2. The molecule has 1 aromatic heterocycles. The number of hydrogen-bond acceptors (Lipinski definition) is 4. The fraction of sp³-hybridized carbons (Fsp3) is 0.278. The van der Waals surface area contributed by atoms with E-state index in [1.807, 2.05) is 0 Å². The lowest BCUT2D eigenvalue weighted by Crippen LogP contribution is -2.48. The van der Waals surface area contributed by atoms with Gasteiger partial charge in [0.1, 0.15) is 11.9 Å². The highest BCUT2D eigenvalue weighted by Crippen LogP contribution is 2.22. The first-order valence-electron chi connectivity index (χ1n) is 8.15. The van der Waals surface area contributed by atoms with Crippen molar-refractivity contribution in [3.05, 3.63) is 59.9 Å². The molecule has 3 amide bonds. The maximum atomic E-state index is 13.6. The lowest BCUT2D eigenvalue weighted by Gasteiger charge is -2.32. The van der Waals surface area contributed by atoms with E-state index < -0.39 is 23.6 Å². The molecule has 8 heteroatoms. The molecular weight excluding hydrogens is 344 g/mol. The van der Waals surface area contributed by atoms with Crippen molar-refractivity contribution in [3.63, 3.8) is 0 Å². The van der Waals surface area contributed by atoms with Crippen LogP contribution in [0, 0.1) is 11.6 Å². The highest BCUT2D eigenvalue weighted by atomic mass is 19.1. The number of amides is 3. The van der Waals surface area contributed by atoms with Crippen LogP contribution in [0.25, 0.3) is 0 Å². The van der Waals surface area contributed by atoms with Gasteiger partial charge in [-0.15, -0.1) is 0 Å². The van der Waals surface area contributed by atoms with Gasteiger partial charge in [-0.2, -0.15) is 0 Å². The van der Waals surface area contributed by atoms with E-state index in [1.165, 1.54) is 23.4 Å². The number of carbonyl (C=O) groups excluding carboxylic acids is 2. The van der Waals surface area contributed by atoms with Gasteiger partial charge in [-0.25, -0.2) is 13.6 Å². The number of rotatable bonds is 3. The van der Waals surface area contributed by atoms with Crippen LogP contribution in [-0.4, -0.2) is 41.0 Å². The summed E-state index contributed by atoms with van der Waals surface area (Å²) < 4.78 is 32.1. The maximum absolute atomic E-state index is 13.6. The third-order valence-electron chi connectivity index (χ3n) is 4.06. The van der Waals surface area contributed by atoms with Crippen LogP contribution in [0.4, 0.5) is 13.6 Å². The van der Waals surface area contributed by atoms with E-state index in [0.717, 1.165) is 12.1 Å². The Kier molecular flexibility index (Phi) is 5.40. The second-order valence-corrected chi connectivity index (χ2v) is 5.88. The quantitative estimate of drug-likeness (QED) is 0.913. The van der Waals surface area contributed by atoms with Crippen molar-refractivity contribution in [2.75, 3.05) is 13.1 Å². The van der Waals surface area contributed by atoms with Gasteiger partial charge in [-0.05, 0) is 24.3 Å². The average Bonchev–Trinajstić information content (AvgIpc) is 2.65. The predicted octanol–water partition coefficient (Wildman–Crippen LogP) is 2.75. The molecule has 0 saturated carbocycles. The molecule has 6 nitrogen and oxygen atoms in total. The molecule has 1 saturated heterocycles. The maximum Gasteiger partial charge on any atom is 0.324 e. The highest BCUT2D eigenvalue weighted by molar-refractivity contribution is 6.03. The Morgan fingerprint density at radius 3 is 2.62 bits per heavy atom. The van der Waals surface area contributed by atoms with Crippen molar-refractivity contribution in [1.29, 1.82) is 0 Å². The Morgan fingerprint density at radius 2 is 1.96 bits per heavy atom. The molecule has 0 unspecified atom stereocenters. The molecule has 2 aromatic rings. The SMILES string of the molecule is O=C(NC(=O)N1CCC(Oc2ccc(F)cc2F)CC1)c1cccnc1. The first-order valence-corrected chi connectivity index (χ1v) is 8.15. The van der Waals surface area contributed by atoms with E-state index >= 15 is 0 Å². The summed E-state index contributed by atoms with van der Waals surface area (Å²) in [7, 11) is 0. The third kappa shape index (κ3) is 4.33. The smallest absolute Gasteiger partial charge is 0.324 e. The first-order chi connectivity index (χ1) is 12.5. The molecule has 136 valence electrons. The molecule has 1 fully saturated rings. The zero-order valence-corrected chi connectivity index (χ0v) is 13.8. The van der Waals surface area contributed by atoms with Gasteiger partial charge >= 0.3 is 6.03 Å². The predicted molar refractivity (Wildman–Crippen MR) is 88.7 cm³/mol. The van der Waals surface area contributed by atoms with Gasteiger partial charge in [-0.3, -0.25) is 15.1 Å². The summed E-state index contributed by atoms with van der Waals surface area (Å²) in [6.45, 7) is 0.721. The van der Waals surface area contributed by atoms with Crippen molar-refractivity contribution in [2.45, 2.75) is 18.9 Å². The van der Waals surface area contributed by atoms with Gasteiger partial charge < -0.3 is 9.64 Å². The van der Waals surface area contributed by atoms with E-state index in [4.69, 9.17) is 4.74 Å². The molecule has 3 rings (SSSR count). The fourth-order valence-electron chi connectivity index (χ4n) is 2.67. The number of aromatic nitrogens is 1. The van der Waals surface area contributed by atoms with E-state index in [1.54, 1.807) is 12.1 Å². The van der Waals surface area contributed by atoms with Gasteiger partial charge in [0.15, 0.2) is 11.6 Å². The number of urea groups is 1. The molecule has 1 aliphatic rings. The summed E-state index contributed by atoms with van der Waals surface area (Å²) in [6, 6.07) is 5.82. The third-order valence-corrected chi connectivity index (χ3v) is 4.06. The minimum Gasteiger partial charge on any atom is -0.487 e. The zero-order chi connectivity index (χ0) is 18.5. The molecule has 0 aliphatic carbocycles. The lowest BCUT2D eigenvalue weighted by molar-refractivity contribution is 0.0910. The molecule has 2 heterocycles. The topological polar surface area (TPSA) is 71.5 Å². The number of benzene rings is 1. The Morgan fingerprint density at radius 1 is 1.19 bits per heavy atom. The number of nitrogens with one attached hydrogen (secondary N) is 1. The minimum absolute atomic E-state index is 0.0129. The summed E-state index contributed by atoms with van der Waals surface area (Å²) in [4.78, 5) is 29.5. The first kappa shape index (κ1) is 17.8. The average molecular weight is 361 g/mol. The summed E-state index contributed by atoms with van der Waals surface area (Å²) in [5, 5.41) is 2.31. The second kappa shape index (κ2) is 7.90. The van der Waals surface area contributed by atoms with Crippen LogP contribution >= 0.6 is 0 Å². The summed E-state index contributed by atoms with van der Waals surface area (Å²) in [5.74, 6) is -1.96. The van der Waals surface area contributed by atoms with Crippen LogP contribution in [0.5, 0.6) is 5.75 Å². The summed E-state index contributed by atoms with van der Waals surface area (Å²) in [5.41, 5.74) is 0.297. The van der Waals surface area contributed by atoms with Gasteiger partial charge in [0.25, 0.3) is 5.91 Å². The molecule has 0 atom stereocenters. The highest BCUT2D eigenvalue weighted by Gasteiger charge is 2.25. The van der Waals surface area contributed by atoms with Crippen LogP contribution in [0.15, 0.2) is 42.7 Å². The number of nitrogens with zero attached hydrogens (tertiary/aromatic N) is 2. The monoisotopic (exact) mass is 361 g/mol. The molecule has 0 radical (unpaired) electrons. The van der Waals surface area contributed by atoms with Crippen LogP contribution in [-0.2, 0) is 0 Å². The van der Waals surface area contributed by atoms with E-state index in [-0.39, 0.29) is 11.9 Å². The minimum atomic E-state index is -0.757. The Hall–Kier alpha value is -3.03. The van der Waals surface area contributed by atoms with Gasteiger partial charge in [-0.1, -0.05) is 0 Å². The number of imide groups is 1. The standard InChI is InChI=1S/C18H17F2N3O3/c19-13-3-4-16(15(20)10-13)26-14-5-8-23(9-6-14)18(25)22-17(24)12-2-1-7-21-11-12/h1-4,7,10-11,14H,5-6,8-9H2,(H,22,24,25). The Balaban J connectivity index is 1.50. The zero-order valence-electron chi connectivity index (χ0n) is 13.8. The van der Waals surface area contributed by atoms with Crippen molar-refractivity contribution in [1.82, 2.24) is 15.2 Å². The normalized spacial score (nSPS) is 14.8. The van der Waals surface area contributed by atoms with Gasteiger partial charge in [0.05, 0.1) is 5.56 Å². The van der Waals surface area contributed by atoms with Crippen molar-refractivity contribution in [2.24, 2.45) is 0 Å². The van der Waals surface area contributed by atoms with E-state index in [0.29, 0.717) is 31.5 Å². The van der Waals surface area contributed by atoms with Crippen molar-refractivity contribution in [3.8, 4) is 5.75 Å². The molecule has 1 N–H and O–H groups in total. The van der Waals surface area contributed by atoms with Crippen LogP contribution in [0.3, 0.4) is 0 Å². The number of halogens is 2. The Labute approximate surface area is 148 Å². The van der Waals surface area contributed by atoms with Crippen molar-refractivity contribution < 1.29 is 23.1 Å². The number of likely N-dealkylation sites (tertiary alicyclic amines) is 1. The summed E-state index contributed by atoms with van der Waals surface area (Å²) in [6.07, 6.45) is 3.58. The van der Waals surface area contributed by atoms with Crippen LogP contribution in [0.1, 0.15) is 23.2 Å². The second-order valence-electron chi connectivity index (χ2n) is 5.88. The summed E-state index contributed by atoms with van der Waals surface area (Å²) >= 11 is 0. The van der Waals surface area contributed by atoms with Gasteiger partial charge in [0.2, 0.25) is 0 Å². The van der Waals surface area contributed by atoms with Crippen LogP contribution in [0.2, 0.25) is 0 Å². The molecule has 1 aromatic carbocycles. The van der Waals surface area contributed by atoms with Crippen LogP contribution < -0.4 is 10.1 Å². The molecule has 26 heavy (non-hydrogen) atoms. The number of piperidine rings is 1. The number of hydrogen-bond donors (Lipinski definition) is 1. The fourth-order valence-corrected chi connectivity index (χ4v) is 2.67. The molecule has 0 spiro atoms.